The highest BCUT2D eigenvalue weighted by Crippen LogP contribution is 2.30. The van der Waals surface area contributed by atoms with Gasteiger partial charge in [-0.1, -0.05) is 6.07 Å². The Kier molecular flexibility index (Phi) is 4.58. The molecule has 0 saturated heterocycles. The van der Waals surface area contributed by atoms with Gasteiger partial charge in [-0.15, -0.1) is 10.2 Å². The van der Waals surface area contributed by atoms with Gasteiger partial charge < -0.3 is 9.15 Å². The van der Waals surface area contributed by atoms with Crippen molar-refractivity contribution >= 4 is 12.0 Å². The summed E-state index contributed by atoms with van der Waals surface area (Å²) in [4.78, 5) is 24.9. The topological polar surface area (TPSA) is 88.8 Å². The first kappa shape index (κ1) is 18.7. The Morgan fingerprint density at radius 2 is 2.04 bits per heavy atom. The molecule has 0 aliphatic carbocycles. The third kappa shape index (κ3) is 3.74. The summed E-state index contributed by atoms with van der Waals surface area (Å²) >= 11 is 0. The molecule has 0 atom stereocenters. The number of benzene rings is 1. The van der Waals surface area contributed by atoms with Crippen LogP contribution in [0.4, 0.5) is 13.6 Å². The fraction of sp³-hybridized carbons (Fsp3) is 0.412. The van der Waals surface area contributed by atoms with Crippen molar-refractivity contribution in [3.8, 4) is 11.5 Å². The third-order valence-corrected chi connectivity index (χ3v) is 3.79. The molecule has 0 unspecified atom stereocenters. The molecule has 0 saturated carbocycles. The summed E-state index contributed by atoms with van der Waals surface area (Å²) in [6.07, 6.45) is -3.54. The van der Waals surface area contributed by atoms with Crippen molar-refractivity contribution in [2.75, 3.05) is 7.05 Å². The van der Waals surface area contributed by atoms with E-state index in [2.05, 4.69) is 10.2 Å². The maximum atomic E-state index is 12.7. The van der Waals surface area contributed by atoms with E-state index in [0.29, 0.717) is 16.7 Å². The van der Waals surface area contributed by atoms with Crippen LogP contribution in [0.3, 0.4) is 0 Å². The van der Waals surface area contributed by atoms with E-state index in [4.69, 9.17) is 9.15 Å². The van der Waals surface area contributed by atoms with Crippen molar-refractivity contribution < 1.29 is 27.5 Å². The first-order chi connectivity index (χ1) is 12.6. The Balaban J connectivity index is 1.82. The van der Waals surface area contributed by atoms with Crippen molar-refractivity contribution in [3.63, 3.8) is 0 Å². The highest BCUT2D eigenvalue weighted by Gasteiger charge is 2.34. The molecule has 1 aromatic heterocycles. The predicted molar refractivity (Wildman–Crippen MR) is 88.6 cm³/mol. The van der Waals surface area contributed by atoms with E-state index < -0.39 is 29.9 Å². The van der Waals surface area contributed by atoms with Gasteiger partial charge in [-0.3, -0.25) is 4.79 Å². The van der Waals surface area contributed by atoms with E-state index >= 15 is 0 Å². The molecule has 1 aliphatic heterocycles. The number of carbonyl (C=O) groups is 2. The fourth-order valence-electron chi connectivity index (χ4n) is 2.53. The van der Waals surface area contributed by atoms with E-state index in [-0.39, 0.29) is 12.4 Å². The molecule has 144 valence electrons. The number of hydrogen-bond acceptors (Lipinski definition) is 6. The average molecular weight is 380 g/mol. The summed E-state index contributed by atoms with van der Waals surface area (Å²) < 4.78 is 35.4. The lowest BCUT2D eigenvalue weighted by atomic mass is 10.1. The van der Waals surface area contributed by atoms with Gasteiger partial charge in [0, 0.05) is 18.2 Å². The molecule has 3 rings (SSSR count). The Hall–Kier alpha value is -3.04. The number of aromatic nitrogens is 2. The first-order valence-corrected chi connectivity index (χ1v) is 8.10. The van der Waals surface area contributed by atoms with Crippen LogP contribution in [0.1, 0.15) is 49.0 Å². The number of carbonyl (C=O) groups excluding carboxylic acids is 2. The number of rotatable bonds is 3. The van der Waals surface area contributed by atoms with Crippen LogP contribution in [0.2, 0.25) is 0 Å². The van der Waals surface area contributed by atoms with E-state index in [1.54, 1.807) is 32.9 Å². The van der Waals surface area contributed by atoms with E-state index in [0.717, 1.165) is 5.01 Å². The predicted octanol–water partition coefficient (Wildman–Crippen LogP) is 3.41. The van der Waals surface area contributed by atoms with E-state index in [1.807, 2.05) is 0 Å². The molecule has 0 N–H and O–H groups in total. The van der Waals surface area contributed by atoms with Crippen LogP contribution in [-0.2, 0) is 11.3 Å². The van der Waals surface area contributed by atoms with Crippen LogP contribution in [0, 0.1) is 0 Å². The van der Waals surface area contributed by atoms with Crippen molar-refractivity contribution in [2.24, 2.45) is 0 Å². The smallest absolute Gasteiger partial charge is 0.429 e. The number of hydrazine groups is 1. The second-order valence-electron chi connectivity index (χ2n) is 6.98. The minimum atomic E-state index is -2.87. The lowest BCUT2D eigenvalue weighted by molar-refractivity contribution is -0.0275. The zero-order valence-corrected chi connectivity index (χ0v) is 15.2. The molecule has 1 aromatic carbocycles. The SMILES string of the molecule is CN(C(=O)OC(C)(C)C)N1Cc2ccc(-c3nnc(C(F)F)o3)cc2C1=O. The average Bonchev–Trinajstić information content (AvgIpc) is 3.18. The summed E-state index contributed by atoms with van der Waals surface area (Å²) in [5, 5.41) is 9.19. The van der Waals surface area contributed by atoms with Gasteiger partial charge in [0.15, 0.2) is 0 Å². The van der Waals surface area contributed by atoms with Crippen LogP contribution in [-0.4, -0.2) is 44.9 Å². The van der Waals surface area contributed by atoms with E-state index in [9.17, 15) is 18.4 Å². The number of ether oxygens (including phenoxy) is 1. The van der Waals surface area contributed by atoms with Crippen molar-refractivity contribution in [3.05, 3.63) is 35.2 Å². The van der Waals surface area contributed by atoms with Gasteiger partial charge in [0.05, 0.1) is 6.54 Å². The fourth-order valence-corrected chi connectivity index (χ4v) is 2.53. The molecule has 2 amide bonds. The normalized spacial score (nSPS) is 13.9. The lowest BCUT2D eigenvalue weighted by Gasteiger charge is -2.30. The number of amides is 2. The van der Waals surface area contributed by atoms with Crippen LogP contribution < -0.4 is 0 Å². The monoisotopic (exact) mass is 380 g/mol. The Morgan fingerprint density at radius 1 is 1.33 bits per heavy atom. The molecular weight excluding hydrogens is 362 g/mol. The maximum Gasteiger partial charge on any atom is 0.429 e. The standard InChI is InChI=1S/C17H18F2N4O4/c1-17(2,3)27-16(25)22(4)23-8-10-6-5-9(7-11(10)15(23)24)13-20-21-14(26-13)12(18)19/h5-7,12H,8H2,1-4H3. The molecule has 8 nitrogen and oxygen atoms in total. The Morgan fingerprint density at radius 3 is 2.63 bits per heavy atom. The molecule has 0 bridgehead atoms. The molecule has 0 spiro atoms. The van der Waals surface area contributed by atoms with Crippen LogP contribution >= 0.6 is 0 Å². The zero-order chi connectivity index (χ0) is 19.9. The summed E-state index contributed by atoms with van der Waals surface area (Å²) in [6, 6.07) is 4.72. The molecular formula is C17H18F2N4O4. The van der Waals surface area contributed by atoms with Gasteiger partial charge >= 0.3 is 12.5 Å². The number of fused-ring (bicyclic) bond motifs is 1. The lowest BCUT2D eigenvalue weighted by Crippen LogP contribution is -2.46. The number of nitrogens with zero attached hydrogens (tertiary/aromatic N) is 4. The van der Waals surface area contributed by atoms with Crippen LogP contribution in [0.25, 0.3) is 11.5 Å². The number of halogens is 2. The number of alkyl halides is 2. The minimum Gasteiger partial charge on any atom is -0.442 e. The molecule has 2 heterocycles. The Bertz CT molecular complexity index is 891. The van der Waals surface area contributed by atoms with E-state index in [1.165, 1.54) is 18.1 Å². The van der Waals surface area contributed by atoms with Crippen molar-refractivity contribution in [2.45, 2.75) is 39.3 Å². The second kappa shape index (κ2) is 6.60. The van der Waals surface area contributed by atoms with Crippen LogP contribution in [0.5, 0.6) is 0 Å². The van der Waals surface area contributed by atoms with Gasteiger partial charge in [-0.25, -0.2) is 14.8 Å². The largest absolute Gasteiger partial charge is 0.442 e. The Labute approximate surface area is 153 Å². The zero-order valence-electron chi connectivity index (χ0n) is 15.2. The molecule has 10 heteroatoms. The van der Waals surface area contributed by atoms with Gasteiger partial charge in [0.25, 0.3) is 11.8 Å². The molecule has 1 aliphatic rings. The van der Waals surface area contributed by atoms with Crippen molar-refractivity contribution in [1.29, 1.82) is 0 Å². The van der Waals surface area contributed by atoms with Gasteiger partial charge in [0.1, 0.15) is 5.60 Å². The van der Waals surface area contributed by atoms with Crippen molar-refractivity contribution in [1.82, 2.24) is 20.2 Å². The van der Waals surface area contributed by atoms with Gasteiger partial charge in [0.2, 0.25) is 5.89 Å². The second-order valence-corrected chi connectivity index (χ2v) is 6.98. The summed E-state index contributed by atoms with van der Waals surface area (Å²) in [5.74, 6) is -1.32. The van der Waals surface area contributed by atoms with Gasteiger partial charge in [-0.2, -0.15) is 8.78 Å². The molecule has 27 heavy (non-hydrogen) atoms. The quantitative estimate of drug-likeness (QED) is 0.811. The highest BCUT2D eigenvalue weighted by molar-refractivity contribution is 5.99. The molecule has 0 fully saturated rings. The number of hydrogen-bond donors (Lipinski definition) is 0. The third-order valence-electron chi connectivity index (χ3n) is 3.79. The summed E-state index contributed by atoms with van der Waals surface area (Å²) in [7, 11) is 1.44. The summed E-state index contributed by atoms with van der Waals surface area (Å²) in [6.45, 7) is 5.35. The minimum absolute atomic E-state index is 0.111. The van der Waals surface area contributed by atoms with Gasteiger partial charge in [-0.05, 0) is 38.5 Å². The first-order valence-electron chi connectivity index (χ1n) is 8.10. The molecule has 0 radical (unpaired) electrons. The van der Waals surface area contributed by atoms with Crippen LogP contribution in [0.15, 0.2) is 22.6 Å². The maximum absolute atomic E-state index is 12.7. The highest BCUT2D eigenvalue weighted by atomic mass is 19.3. The summed E-state index contributed by atoms with van der Waals surface area (Å²) in [5.41, 5.74) is 0.629. The molecule has 2 aromatic rings.